The van der Waals surface area contributed by atoms with Crippen LogP contribution in [-0.2, 0) is 0 Å². The van der Waals surface area contributed by atoms with Gasteiger partial charge in [-0.15, -0.1) is 0 Å². The van der Waals surface area contributed by atoms with Gasteiger partial charge >= 0.3 is 6.05 Å². The van der Waals surface area contributed by atoms with Crippen molar-refractivity contribution in [2.24, 2.45) is 0 Å². The number of hydrogen-bond acceptors (Lipinski definition) is 2. The summed E-state index contributed by atoms with van der Waals surface area (Å²) in [6.07, 6.45) is 3.45. The zero-order valence-corrected chi connectivity index (χ0v) is 7.20. The minimum atomic E-state index is -2.99. The van der Waals surface area contributed by atoms with Crippen LogP contribution in [0.3, 0.4) is 0 Å². The fraction of sp³-hybridized carbons (Fsp3) is 0.333. The molecule has 1 aliphatic heterocycles. The molecule has 0 saturated carbocycles. The molecule has 1 aromatic heterocycles. The van der Waals surface area contributed by atoms with Crippen LogP contribution in [0.1, 0.15) is 16.8 Å². The van der Waals surface area contributed by atoms with E-state index in [0.717, 1.165) is 0 Å². The van der Waals surface area contributed by atoms with Crippen molar-refractivity contribution >= 4 is 5.91 Å². The third-order valence-electron chi connectivity index (χ3n) is 2.14. The number of nitrogens with zero attached hydrogens (tertiary/aromatic N) is 2. The number of carbonyl (C=O) groups excluding carboxylic acids is 1. The van der Waals surface area contributed by atoms with E-state index in [0.29, 0.717) is 4.90 Å². The molecule has 1 saturated heterocycles. The zero-order chi connectivity index (χ0) is 10.2. The summed E-state index contributed by atoms with van der Waals surface area (Å²) in [4.78, 5) is 15.6. The fourth-order valence-electron chi connectivity index (χ4n) is 1.25. The molecule has 2 heterocycles. The highest BCUT2D eigenvalue weighted by Crippen LogP contribution is 2.34. The molecule has 0 unspecified atom stereocenters. The second-order valence-corrected chi connectivity index (χ2v) is 3.05. The maximum Gasteiger partial charge on any atom is 0.329 e. The molecule has 5 heteroatoms. The number of pyridine rings is 1. The van der Waals surface area contributed by atoms with E-state index >= 15 is 0 Å². The van der Waals surface area contributed by atoms with Gasteiger partial charge in [0.25, 0.3) is 5.91 Å². The fourth-order valence-corrected chi connectivity index (χ4v) is 1.25. The minimum absolute atomic E-state index is 0.102. The van der Waals surface area contributed by atoms with E-state index in [1.165, 1.54) is 18.3 Å². The second-order valence-electron chi connectivity index (χ2n) is 3.05. The van der Waals surface area contributed by atoms with Crippen LogP contribution < -0.4 is 0 Å². The number of alkyl halides is 2. The van der Waals surface area contributed by atoms with Gasteiger partial charge in [-0.1, -0.05) is 0 Å². The van der Waals surface area contributed by atoms with Crippen LogP contribution in [0, 0.1) is 6.20 Å². The number of halogens is 2. The first-order chi connectivity index (χ1) is 6.61. The van der Waals surface area contributed by atoms with Crippen LogP contribution in [0.25, 0.3) is 0 Å². The van der Waals surface area contributed by atoms with E-state index in [-0.39, 0.29) is 18.5 Å². The first kappa shape index (κ1) is 9.05. The first-order valence-corrected chi connectivity index (χ1v) is 4.13. The molecule has 0 atom stereocenters. The van der Waals surface area contributed by atoms with Crippen molar-refractivity contribution in [1.82, 2.24) is 9.88 Å². The van der Waals surface area contributed by atoms with Crippen molar-refractivity contribution in [3.8, 4) is 0 Å². The Labute approximate surface area is 79.4 Å². The Kier molecular flexibility index (Phi) is 1.94. The van der Waals surface area contributed by atoms with Gasteiger partial charge in [0.1, 0.15) is 0 Å². The lowest BCUT2D eigenvalue weighted by atomic mass is 10.1. The average molecular weight is 197 g/mol. The summed E-state index contributed by atoms with van der Waals surface area (Å²) < 4.78 is 25.6. The quantitative estimate of drug-likeness (QED) is 0.636. The Morgan fingerprint density at radius 3 is 2.86 bits per heavy atom. The molecule has 1 fully saturated rings. The zero-order valence-electron chi connectivity index (χ0n) is 7.20. The van der Waals surface area contributed by atoms with Crippen LogP contribution in [0.4, 0.5) is 8.78 Å². The van der Waals surface area contributed by atoms with Crippen LogP contribution in [0.5, 0.6) is 0 Å². The van der Waals surface area contributed by atoms with Gasteiger partial charge in [0, 0.05) is 19.2 Å². The molecule has 3 nitrogen and oxygen atoms in total. The molecule has 1 amide bonds. The van der Waals surface area contributed by atoms with Gasteiger partial charge < -0.3 is 0 Å². The Balaban J connectivity index is 2.18. The van der Waals surface area contributed by atoms with Gasteiger partial charge in [-0.05, 0) is 12.1 Å². The lowest BCUT2D eigenvalue weighted by Crippen LogP contribution is -2.56. The van der Waals surface area contributed by atoms with Gasteiger partial charge in [0.2, 0.25) is 0 Å². The highest BCUT2D eigenvalue weighted by molar-refractivity contribution is 5.94. The van der Waals surface area contributed by atoms with E-state index in [4.69, 9.17) is 0 Å². The standard InChI is InChI=1S/C9H7F2N2O/c10-9(11)3-5-13(9)8(14)7-2-1-4-12-6-7/h1-2,6H,3,5H2. The number of likely N-dealkylation sites (tertiary alicyclic amines) is 1. The van der Waals surface area contributed by atoms with E-state index in [2.05, 4.69) is 11.2 Å². The van der Waals surface area contributed by atoms with Gasteiger partial charge in [-0.3, -0.25) is 14.7 Å². The van der Waals surface area contributed by atoms with E-state index in [9.17, 15) is 13.6 Å². The summed E-state index contributed by atoms with van der Waals surface area (Å²) in [7, 11) is 0. The molecular formula is C9H7F2N2O. The lowest BCUT2D eigenvalue weighted by molar-refractivity contribution is -0.189. The summed E-state index contributed by atoms with van der Waals surface area (Å²) in [5.41, 5.74) is 0.170. The van der Waals surface area contributed by atoms with E-state index < -0.39 is 12.0 Å². The van der Waals surface area contributed by atoms with Gasteiger partial charge in [-0.2, -0.15) is 8.78 Å². The van der Waals surface area contributed by atoms with Crippen molar-refractivity contribution in [2.75, 3.05) is 6.54 Å². The third-order valence-corrected chi connectivity index (χ3v) is 2.14. The predicted molar refractivity (Wildman–Crippen MR) is 43.7 cm³/mol. The predicted octanol–water partition coefficient (Wildman–Crippen LogP) is 1.32. The normalized spacial score (nSPS) is 18.9. The summed E-state index contributed by atoms with van der Waals surface area (Å²) in [5.74, 6) is -0.678. The number of aromatic nitrogens is 1. The molecule has 0 aliphatic carbocycles. The Morgan fingerprint density at radius 1 is 1.64 bits per heavy atom. The molecule has 1 aromatic rings. The highest BCUT2D eigenvalue weighted by atomic mass is 19.3. The van der Waals surface area contributed by atoms with Crippen molar-refractivity contribution in [2.45, 2.75) is 12.5 Å². The number of carbonyl (C=O) groups is 1. The van der Waals surface area contributed by atoms with Gasteiger partial charge in [0.05, 0.1) is 11.8 Å². The molecule has 73 valence electrons. The summed E-state index contributed by atoms with van der Waals surface area (Å²) in [6.45, 7) is 0.102. The molecule has 0 aromatic carbocycles. The van der Waals surface area contributed by atoms with E-state index in [1.807, 2.05) is 0 Å². The van der Waals surface area contributed by atoms with Crippen LogP contribution in [0.15, 0.2) is 18.3 Å². The second kappa shape index (κ2) is 3.01. The summed E-state index contributed by atoms with van der Waals surface area (Å²) in [6, 6.07) is -0.147. The molecule has 0 N–H and O–H groups in total. The maximum atomic E-state index is 12.8. The van der Waals surface area contributed by atoms with Gasteiger partial charge in [-0.25, -0.2) is 0 Å². The van der Waals surface area contributed by atoms with Crippen molar-refractivity contribution < 1.29 is 13.6 Å². The molecule has 2 rings (SSSR count). The van der Waals surface area contributed by atoms with Gasteiger partial charge in [0.15, 0.2) is 0 Å². The van der Waals surface area contributed by atoms with Crippen molar-refractivity contribution in [3.63, 3.8) is 0 Å². The van der Waals surface area contributed by atoms with E-state index in [1.54, 1.807) is 0 Å². The summed E-state index contributed by atoms with van der Waals surface area (Å²) in [5, 5.41) is 0. The number of amides is 1. The van der Waals surface area contributed by atoms with Crippen LogP contribution >= 0.6 is 0 Å². The topological polar surface area (TPSA) is 33.2 Å². The minimum Gasteiger partial charge on any atom is -0.279 e. The molecule has 1 aliphatic rings. The molecule has 14 heavy (non-hydrogen) atoms. The smallest absolute Gasteiger partial charge is 0.279 e. The summed E-state index contributed by atoms with van der Waals surface area (Å²) >= 11 is 0. The largest absolute Gasteiger partial charge is 0.329 e. The Morgan fingerprint density at radius 2 is 2.43 bits per heavy atom. The SMILES string of the molecule is O=C(c1cc[c]nc1)N1CCC1(F)F. The first-order valence-electron chi connectivity index (χ1n) is 4.13. The molecule has 0 bridgehead atoms. The Bertz CT molecular complexity index is 353. The number of hydrogen-bond donors (Lipinski definition) is 0. The molecule has 1 radical (unpaired) electrons. The number of rotatable bonds is 1. The maximum absolute atomic E-state index is 12.8. The monoisotopic (exact) mass is 197 g/mol. The molecule has 0 spiro atoms. The average Bonchev–Trinajstić information content (AvgIpc) is 2.18. The molecular weight excluding hydrogens is 190 g/mol. The van der Waals surface area contributed by atoms with Crippen LogP contribution in [0.2, 0.25) is 0 Å². The van der Waals surface area contributed by atoms with Crippen molar-refractivity contribution in [3.05, 3.63) is 30.1 Å². The Hall–Kier alpha value is -1.52. The van der Waals surface area contributed by atoms with Crippen molar-refractivity contribution in [1.29, 1.82) is 0 Å². The third kappa shape index (κ3) is 1.34. The highest BCUT2D eigenvalue weighted by Gasteiger charge is 2.49. The van der Waals surface area contributed by atoms with Crippen LogP contribution in [-0.4, -0.2) is 28.4 Å². The lowest BCUT2D eigenvalue weighted by Gasteiger charge is -2.39.